The molecular weight excluding hydrogens is 325 g/mol. The molecule has 6 heteroatoms. The minimum atomic E-state index is -0.400. The van der Waals surface area contributed by atoms with Crippen LogP contribution >= 0.6 is 0 Å². The van der Waals surface area contributed by atoms with Crippen LogP contribution in [0.25, 0.3) is 0 Å². The van der Waals surface area contributed by atoms with E-state index in [2.05, 4.69) is 0 Å². The number of rotatable bonds is 8. The predicted octanol–water partition coefficient (Wildman–Crippen LogP) is 3.15. The first-order valence-corrected chi connectivity index (χ1v) is 7.90. The van der Waals surface area contributed by atoms with E-state index >= 15 is 0 Å². The number of benzene rings is 2. The maximum atomic E-state index is 14.0. The van der Waals surface area contributed by atoms with Crippen LogP contribution in [0.3, 0.4) is 0 Å². The van der Waals surface area contributed by atoms with Crippen LogP contribution in [0.4, 0.5) is 4.39 Å². The zero-order valence-corrected chi connectivity index (χ0v) is 15.0. The van der Waals surface area contributed by atoms with E-state index in [1.807, 2.05) is 18.2 Å². The minimum absolute atomic E-state index is 0.0526. The topological polar surface area (TPSA) is 62.9 Å². The largest absolute Gasteiger partial charge is 0.494 e. The van der Waals surface area contributed by atoms with E-state index in [0.717, 1.165) is 11.1 Å². The van der Waals surface area contributed by atoms with Gasteiger partial charge in [-0.3, -0.25) is 0 Å². The Kier molecular flexibility index (Phi) is 6.47. The number of ether oxygens (including phenoxy) is 4. The minimum Gasteiger partial charge on any atom is -0.494 e. The van der Waals surface area contributed by atoms with Crippen LogP contribution in [0.15, 0.2) is 30.3 Å². The van der Waals surface area contributed by atoms with Crippen molar-refractivity contribution >= 4 is 0 Å². The van der Waals surface area contributed by atoms with Gasteiger partial charge in [0.2, 0.25) is 5.75 Å². The Morgan fingerprint density at radius 3 is 1.92 bits per heavy atom. The first kappa shape index (κ1) is 18.9. The summed E-state index contributed by atoms with van der Waals surface area (Å²) in [6.07, 6.45) is 0.610. The molecule has 0 radical (unpaired) electrons. The average Bonchev–Trinajstić information content (AvgIpc) is 2.64. The highest BCUT2D eigenvalue weighted by Gasteiger charge is 2.18. The lowest BCUT2D eigenvalue weighted by Crippen LogP contribution is -2.15. The summed E-state index contributed by atoms with van der Waals surface area (Å²) >= 11 is 0. The molecule has 0 aliphatic heterocycles. The van der Waals surface area contributed by atoms with Gasteiger partial charge in [0.25, 0.3) is 0 Å². The van der Waals surface area contributed by atoms with Gasteiger partial charge >= 0.3 is 0 Å². The van der Waals surface area contributed by atoms with Gasteiger partial charge in [-0.25, -0.2) is 4.39 Å². The van der Waals surface area contributed by atoms with Crippen molar-refractivity contribution in [2.75, 3.05) is 35.0 Å². The van der Waals surface area contributed by atoms with Crippen molar-refractivity contribution in [2.24, 2.45) is 5.73 Å². The highest BCUT2D eigenvalue weighted by molar-refractivity contribution is 5.54. The lowest BCUT2D eigenvalue weighted by molar-refractivity contribution is 0.323. The maximum Gasteiger partial charge on any atom is 0.203 e. The molecule has 1 unspecified atom stereocenters. The molecule has 2 rings (SSSR count). The maximum absolute atomic E-state index is 14.0. The van der Waals surface area contributed by atoms with Crippen molar-refractivity contribution < 1.29 is 23.3 Å². The number of hydrogen-bond acceptors (Lipinski definition) is 5. The summed E-state index contributed by atoms with van der Waals surface area (Å²) in [5, 5.41) is 0. The van der Waals surface area contributed by atoms with E-state index in [1.54, 1.807) is 27.4 Å². The van der Waals surface area contributed by atoms with Gasteiger partial charge in [-0.05, 0) is 48.4 Å². The first-order chi connectivity index (χ1) is 12.1. The molecular formula is C19H24FNO4. The molecule has 0 aliphatic carbocycles. The highest BCUT2D eigenvalue weighted by Crippen LogP contribution is 2.39. The molecule has 5 nitrogen and oxygen atoms in total. The smallest absolute Gasteiger partial charge is 0.203 e. The Balaban J connectivity index is 2.34. The van der Waals surface area contributed by atoms with Gasteiger partial charge in [0.15, 0.2) is 23.1 Å². The fourth-order valence-corrected chi connectivity index (χ4v) is 2.81. The number of nitrogens with two attached hydrogens (primary N) is 1. The third-order valence-corrected chi connectivity index (χ3v) is 4.14. The van der Waals surface area contributed by atoms with Gasteiger partial charge in [-0.1, -0.05) is 6.07 Å². The number of halogens is 1. The summed E-state index contributed by atoms with van der Waals surface area (Å²) in [5.41, 5.74) is 7.70. The summed E-state index contributed by atoms with van der Waals surface area (Å²) in [5.74, 6) is 1.45. The third-order valence-electron chi connectivity index (χ3n) is 4.14. The first-order valence-electron chi connectivity index (χ1n) is 7.90. The molecule has 0 bridgehead atoms. The molecule has 0 saturated heterocycles. The Labute approximate surface area is 147 Å². The van der Waals surface area contributed by atoms with Crippen molar-refractivity contribution in [3.8, 4) is 23.0 Å². The van der Waals surface area contributed by atoms with Crippen LogP contribution in [-0.2, 0) is 6.42 Å². The third kappa shape index (κ3) is 4.14. The Bertz CT molecular complexity index is 696. The summed E-state index contributed by atoms with van der Waals surface area (Å²) in [6, 6.07) is 8.67. The lowest BCUT2D eigenvalue weighted by atomic mass is 9.91. The van der Waals surface area contributed by atoms with E-state index in [-0.39, 0.29) is 11.7 Å². The van der Waals surface area contributed by atoms with Gasteiger partial charge in [0.05, 0.1) is 28.4 Å². The predicted molar refractivity (Wildman–Crippen MR) is 94.5 cm³/mol. The van der Waals surface area contributed by atoms with Gasteiger partial charge < -0.3 is 24.7 Å². The second kappa shape index (κ2) is 8.58. The Hall–Kier alpha value is -2.47. The fraction of sp³-hybridized carbons (Fsp3) is 0.368. The zero-order valence-electron chi connectivity index (χ0n) is 15.0. The summed E-state index contributed by atoms with van der Waals surface area (Å²) in [4.78, 5) is 0. The highest BCUT2D eigenvalue weighted by atomic mass is 19.1. The number of methoxy groups -OCH3 is 4. The standard InChI is InChI=1S/C19H24FNO4/c1-22-16-6-5-13(10-15(16)20)14(11-21)7-12-8-17(23-2)19(25-4)18(9-12)24-3/h5-6,8-10,14H,7,11,21H2,1-4H3. The Morgan fingerprint density at radius 2 is 1.48 bits per heavy atom. The molecule has 2 N–H and O–H groups in total. The van der Waals surface area contributed by atoms with Gasteiger partial charge in [-0.2, -0.15) is 0 Å². The number of hydrogen-bond donors (Lipinski definition) is 1. The summed E-state index contributed by atoms with van der Waals surface area (Å²) in [6.45, 7) is 0.377. The molecule has 25 heavy (non-hydrogen) atoms. The molecule has 0 heterocycles. The normalized spacial score (nSPS) is 11.8. The van der Waals surface area contributed by atoms with Crippen molar-refractivity contribution in [3.63, 3.8) is 0 Å². The molecule has 0 amide bonds. The average molecular weight is 349 g/mol. The van der Waals surface area contributed by atoms with Crippen LogP contribution in [0.1, 0.15) is 17.0 Å². The summed E-state index contributed by atoms with van der Waals surface area (Å²) in [7, 11) is 6.14. The monoisotopic (exact) mass is 349 g/mol. The quantitative estimate of drug-likeness (QED) is 0.793. The molecule has 1 atom stereocenters. The molecule has 0 saturated carbocycles. The molecule has 2 aromatic rings. The van der Waals surface area contributed by atoms with Crippen LogP contribution < -0.4 is 24.7 Å². The molecule has 2 aromatic carbocycles. The van der Waals surface area contributed by atoms with Crippen molar-refractivity contribution in [1.82, 2.24) is 0 Å². The zero-order chi connectivity index (χ0) is 18.4. The summed E-state index contributed by atoms with van der Waals surface area (Å²) < 4.78 is 35.1. The van der Waals surface area contributed by atoms with E-state index in [1.165, 1.54) is 13.2 Å². The Morgan fingerprint density at radius 1 is 0.880 bits per heavy atom. The molecule has 0 aliphatic rings. The van der Waals surface area contributed by atoms with Gasteiger partial charge in [-0.15, -0.1) is 0 Å². The molecule has 0 aromatic heterocycles. The van der Waals surface area contributed by atoms with E-state index in [4.69, 9.17) is 24.7 Å². The second-order valence-electron chi connectivity index (χ2n) is 5.56. The SMILES string of the molecule is COc1ccc(C(CN)Cc2cc(OC)c(OC)c(OC)c2)cc1F. The van der Waals surface area contributed by atoms with Crippen LogP contribution in [0.2, 0.25) is 0 Å². The van der Waals surface area contributed by atoms with Crippen LogP contribution in [0.5, 0.6) is 23.0 Å². The van der Waals surface area contributed by atoms with Crippen molar-refractivity contribution in [2.45, 2.75) is 12.3 Å². The van der Waals surface area contributed by atoms with E-state index in [9.17, 15) is 4.39 Å². The molecule has 0 fully saturated rings. The van der Waals surface area contributed by atoms with Crippen molar-refractivity contribution in [1.29, 1.82) is 0 Å². The van der Waals surface area contributed by atoms with Crippen LogP contribution in [-0.4, -0.2) is 35.0 Å². The van der Waals surface area contributed by atoms with Gasteiger partial charge in [0, 0.05) is 5.92 Å². The molecule has 0 spiro atoms. The van der Waals surface area contributed by atoms with E-state index in [0.29, 0.717) is 30.2 Å². The second-order valence-corrected chi connectivity index (χ2v) is 5.56. The van der Waals surface area contributed by atoms with Crippen LogP contribution in [0, 0.1) is 5.82 Å². The lowest BCUT2D eigenvalue weighted by Gasteiger charge is -2.19. The fourth-order valence-electron chi connectivity index (χ4n) is 2.81. The molecule has 136 valence electrons. The van der Waals surface area contributed by atoms with E-state index < -0.39 is 5.82 Å². The van der Waals surface area contributed by atoms with Gasteiger partial charge in [0.1, 0.15) is 0 Å². The van der Waals surface area contributed by atoms with Crippen molar-refractivity contribution in [3.05, 3.63) is 47.3 Å².